The van der Waals surface area contributed by atoms with E-state index in [-0.39, 0.29) is 0 Å². The van der Waals surface area contributed by atoms with E-state index in [0.29, 0.717) is 50.8 Å². The number of para-hydroxylation sites is 2. The predicted octanol–water partition coefficient (Wildman–Crippen LogP) is 9.96. The van der Waals surface area contributed by atoms with Crippen LogP contribution in [-0.2, 0) is 0 Å². The number of allylic oxidation sites excluding steroid dienone is 2. The quantitative estimate of drug-likeness (QED) is 0.149. The lowest BCUT2D eigenvalue weighted by atomic mass is 9.94. The van der Waals surface area contributed by atoms with E-state index in [0.717, 1.165) is 32.5 Å². The Hall–Kier alpha value is -5.95. The average Bonchev–Trinajstić information content (AvgIpc) is 3.76. The van der Waals surface area contributed by atoms with Crippen molar-refractivity contribution in [2.45, 2.75) is 0 Å². The summed E-state index contributed by atoms with van der Waals surface area (Å²) in [5.74, 6) is 1.28. The molecule has 0 saturated carbocycles. The molecule has 0 radical (unpaired) electrons. The van der Waals surface area contributed by atoms with Crippen LogP contribution >= 0.6 is 0 Å². The molecule has 2 heterocycles. The number of methoxy groups -OCH3 is 2. The van der Waals surface area contributed by atoms with Gasteiger partial charge in [-0.05, 0) is 35.4 Å². The number of hydrogen-bond donors (Lipinski definition) is 0. The molecule has 0 saturated heterocycles. The zero-order valence-electron chi connectivity index (χ0n) is 26.5. The highest BCUT2D eigenvalue weighted by Crippen LogP contribution is 2.45. The smallest absolute Gasteiger partial charge is 0.496 e. The monoisotopic (exact) mass is 632 g/mol. The lowest BCUT2D eigenvalue weighted by Crippen LogP contribution is -2.18. The van der Waals surface area contributed by atoms with Crippen LogP contribution in [-0.4, -0.2) is 31.8 Å². The summed E-state index contributed by atoms with van der Waals surface area (Å²) in [4.78, 5) is 5.23. The van der Waals surface area contributed by atoms with Crippen molar-refractivity contribution in [3.63, 3.8) is 0 Å². The summed E-state index contributed by atoms with van der Waals surface area (Å²) in [7, 11) is 0.362. The van der Waals surface area contributed by atoms with Gasteiger partial charge in [0.2, 0.25) is 0 Å². The zero-order valence-corrected chi connectivity index (χ0v) is 26.5. The molecule has 7 heteroatoms. The maximum atomic E-state index is 15.7. The molecule has 0 fully saturated rings. The van der Waals surface area contributed by atoms with Crippen LogP contribution in [0.5, 0.6) is 11.5 Å². The van der Waals surface area contributed by atoms with Gasteiger partial charge in [-0.25, -0.2) is 4.99 Å². The van der Waals surface area contributed by atoms with Gasteiger partial charge in [-0.2, -0.15) is 0 Å². The molecule has 1 aliphatic heterocycles. The van der Waals surface area contributed by atoms with Crippen molar-refractivity contribution < 1.29 is 18.1 Å². The van der Waals surface area contributed by atoms with Gasteiger partial charge in [-0.15, -0.1) is 0 Å². The predicted molar refractivity (Wildman–Crippen MR) is 192 cm³/mol. The van der Waals surface area contributed by atoms with Crippen molar-refractivity contribution in [1.82, 2.24) is 4.48 Å². The summed E-state index contributed by atoms with van der Waals surface area (Å²) in [5.41, 5.74) is 7.94. The first-order chi connectivity index (χ1) is 23.6. The SMILES string of the molecule is COc1ccccc1C1=C/C(=C(\c2ccccc2)c2cc(-c3ccccc3OC)c(-c3ccccc3)n2B(F)F)N=C1c1ccccc1. The fourth-order valence-corrected chi connectivity index (χ4v) is 6.35. The van der Waals surface area contributed by atoms with Crippen LogP contribution < -0.4 is 9.47 Å². The van der Waals surface area contributed by atoms with Gasteiger partial charge in [0, 0.05) is 44.8 Å². The van der Waals surface area contributed by atoms with Gasteiger partial charge in [0.15, 0.2) is 0 Å². The van der Waals surface area contributed by atoms with Crippen LogP contribution in [0.3, 0.4) is 0 Å². The first-order valence-corrected chi connectivity index (χ1v) is 15.6. The molecule has 0 unspecified atom stereocenters. The molecule has 0 spiro atoms. The Bertz CT molecular complexity index is 2170. The minimum absolute atomic E-state index is 0.333. The van der Waals surface area contributed by atoms with Crippen LogP contribution in [0.4, 0.5) is 8.63 Å². The number of hydrogen-bond acceptors (Lipinski definition) is 3. The third-order valence-electron chi connectivity index (χ3n) is 8.46. The molecule has 5 aromatic carbocycles. The van der Waals surface area contributed by atoms with Crippen LogP contribution in [0.15, 0.2) is 162 Å². The highest BCUT2D eigenvalue weighted by Gasteiger charge is 2.33. The summed E-state index contributed by atoms with van der Waals surface area (Å²) in [5, 5.41) is 0. The third-order valence-corrected chi connectivity index (χ3v) is 8.46. The maximum Gasteiger partial charge on any atom is 0.678 e. The summed E-state index contributed by atoms with van der Waals surface area (Å²) >= 11 is 0. The molecule has 0 aliphatic carbocycles. The molecular formula is C41H31BF2N2O2. The Kier molecular flexibility index (Phi) is 8.58. The molecule has 48 heavy (non-hydrogen) atoms. The number of ether oxygens (including phenoxy) is 2. The average molecular weight is 633 g/mol. The van der Waals surface area contributed by atoms with Crippen LogP contribution in [0.25, 0.3) is 33.5 Å². The number of benzene rings is 5. The topological polar surface area (TPSA) is 35.8 Å². The first kappa shape index (κ1) is 30.7. The highest BCUT2D eigenvalue weighted by molar-refractivity contribution is 6.43. The maximum absolute atomic E-state index is 15.7. The van der Waals surface area contributed by atoms with E-state index in [9.17, 15) is 0 Å². The van der Waals surface area contributed by atoms with Gasteiger partial charge in [0.25, 0.3) is 0 Å². The number of aromatic nitrogens is 1. The van der Waals surface area contributed by atoms with Crippen molar-refractivity contribution >= 4 is 24.3 Å². The van der Waals surface area contributed by atoms with Crippen molar-refractivity contribution in [1.29, 1.82) is 0 Å². The number of rotatable bonds is 9. The van der Waals surface area contributed by atoms with E-state index in [1.165, 1.54) is 0 Å². The number of nitrogens with zero attached hydrogens (tertiary/aromatic N) is 2. The van der Waals surface area contributed by atoms with Gasteiger partial charge in [0.05, 0.1) is 25.6 Å². The lowest BCUT2D eigenvalue weighted by molar-refractivity contribution is 0.413. The summed E-state index contributed by atoms with van der Waals surface area (Å²) in [6.07, 6.45) is 1.98. The molecule has 0 atom stereocenters. The summed E-state index contributed by atoms with van der Waals surface area (Å²) in [6, 6.07) is 45.9. The first-order valence-electron chi connectivity index (χ1n) is 15.6. The molecule has 7 rings (SSSR count). The normalized spacial score (nSPS) is 13.5. The summed E-state index contributed by atoms with van der Waals surface area (Å²) in [6.45, 7) is 0. The fraction of sp³-hybridized carbons (Fsp3) is 0.0488. The Morgan fingerprint density at radius 1 is 0.604 bits per heavy atom. The molecule has 1 aromatic heterocycles. The van der Waals surface area contributed by atoms with Crippen LogP contribution in [0.1, 0.15) is 22.4 Å². The van der Waals surface area contributed by atoms with E-state index in [4.69, 9.17) is 14.5 Å². The molecule has 0 bridgehead atoms. The molecule has 1 aliphatic rings. The second kappa shape index (κ2) is 13.4. The lowest BCUT2D eigenvalue weighted by Gasteiger charge is -2.16. The second-order valence-corrected chi connectivity index (χ2v) is 11.2. The largest absolute Gasteiger partial charge is 0.678 e. The van der Waals surface area contributed by atoms with Gasteiger partial charge >= 0.3 is 7.40 Å². The fourth-order valence-electron chi connectivity index (χ4n) is 6.35. The molecular weight excluding hydrogens is 601 g/mol. The van der Waals surface area contributed by atoms with E-state index >= 15 is 8.63 Å². The highest BCUT2D eigenvalue weighted by atomic mass is 19.2. The Balaban J connectivity index is 1.60. The van der Waals surface area contributed by atoms with E-state index in [2.05, 4.69) is 0 Å². The Morgan fingerprint density at radius 3 is 1.73 bits per heavy atom. The van der Waals surface area contributed by atoms with E-state index in [1.807, 2.05) is 152 Å². The van der Waals surface area contributed by atoms with Gasteiger partial charge in [0.1, 0.15) is 11.5 Å². The zero-order chi connectivity index (χ0) is 33.0. The van der Waals surface area contributed by atoms with Crippen LogP contribution in [0, 0.1) is 0 Å². The minimum atomic E-state index is -2.87. The minimum Gasteiger partial charge on any atom is -0.496 e. The second-order valence-electron chi connectivity index (χ2n) is 11.2. The summed E-state index contributed by atoms with van der Waals surface area (Å²) < 4.78 is 44.0. The van der Waals surface area contributed by atoms with Crippen molar-refractivity contribution in [3.05, 3.63) is 180 Å². The van der Waals surface area contributed by atoms with Crippen molar-refractivity contribution in [3.8, 4) is 33.9 Å². The van der Waals surface area contributed by atoms with Crippen molar-refractivity contribution in [2.24, 2.45) is 4.99 Å². The Morgan fingerprint density at radius 2 is 1.12 bits per heavy atom. The molecule has 4 nitrogen and oxygen atoms in total. The molecule has 0 amide bonds. The molecule has 0 N–H and O–H groups in total. The molecule has 234 valence electrons. The van der Waals surface area contributed by atoms with Crippen molar-refractivity contribution in [2.75, 3.05) is 14.2 Å². The molecule has 6 aromatic rings. The number of aliphatic imine (C=N–C) groups is 1. The Labute approximate surface area is 279 Å². The van der Waals surface area contributed by atoms with Gasteiger partial charge < -0.3 is 14.0 Å². The number of halogens is 2. The van der Waals surface area contributed by atoms with E-state index in [1.54, 1.807) is 14.2 Å². The van der Waals surface area contributed by atoms with E-state index < -0.39 is 7.40 Å². The van der Waals surface area contributed by atoms with Crippen LogP contribution in [0.2, 0.25) is 0 Å². The third kappa shape index (κ3) is 5.64. The van der Waals surface area contributed by atoms with Gasteiger partial charge in [-0.3, -0.25) is 8.63 Å². The standard InChI is InChI=1S/C41H31BF2N2O2/c1-47-37-24-14-12-22-31(37)33-26-35(45-40(33)29-18-8-4-9-19-29)39(28-16-6-3-7-17-28)36-27-34(32-23-13-15-25-38(32)48-2)41(46(36)42(43)44)30-20-10-5-11-21-30/h3-27H,1-2H3/b39-35-. The van der Waals surface area contributed by atoms with Gasteiger partial charge in [-0.1, -0.05) is 127 Å².